The van der Waals surface area contributed by atoms with Gasteiger partial charge in [0.2, 0.25) is 11.8 Å². The van der Waals surface area contributed by atoms with Gasteiger partial charge in [-0.15, -0.1) is 0 Å². The summed E-state index contributed by atoms with van der Waals surface area (Å²) >= 11 is 0. The Kier molecular flexibility index (Phi) is 6.21. The molecular weight excluding hydrogens is 394 g/mol. The lowest BCUT2D eigenvalue weighted by Gasteiger charge is -2.18. The molecule has 2 aliphatic rings. The third kappa shape index (κ3) is 4.71. The Balaban J connectivity index is 1.42. The van der Waals surface area contributed by atoms with Crippen LogP contribution in [0.3, 0.4) is 0 Å². The first-order chi connectivity index (χ1) is 15.0. The number of para-hydroxylation sites is 1. The highest BCUT2D eigenvalue weighted by molar-refractivity contribution is 6.07. The lowest BCUT2D eigenvalue weighted by molar-refractivity contribution is -0.122. The van der Waals surface area contributed by atoms with E-state index in [-0.39, 0.29) is 30.2 Å². The van der Waals surface area contributed by atoms with E-state index in [4.69, 9.17) is 4.74 Å². The van der Waals surface area contributed by atoms with Gasteiger partial charge in [0.25, 0.3) is 5.91 Å². The standard InChI is InChI=1S/C24H27N3O4/c1-31-19-12-10-18(11-13-19)27-15-16(14-22(27)28)23(29)26-21-9-5-4-8-20(21)24(30)25-17-6-2-3-7-17/h4-5,8-13,16-17H,2-3,6-7,14-15H2,1H3,(H,25,30)(H,26,29)/t16-/m1/s1. The molecule has 1 atom stereocenters. The van der Waals surface area contributed by atoms with Crippen LogP contribution in [0.1, 0.15) is 42.5 Å². The summed E-state index contributed by atoms with van der Waals surface area (Å²) in [6.45, 7) is 0.299. The molecule has 0 aromatic heterocycles. The van der Waals surface area contributed by atoms with Crippen LogP contribution in [0.15, 0.2) is 48.5 Å². The van der Waals surface area contributed by atoms with Gasteiger partial charge < -0.3 is 20.3 Å². The van der Waals surface area contributed by atoms with Crippen molar-refractivity contribution in [2.24, 2.45) is 5.92 Å². The van der Waals surface area contributed by atoms with Crippen LogP contribution < -0.4 is 20.3 Å². The van der Waals surface area contributed by atoms with Gasteiger partial charge in [-0.3, -0.25) is 14.4 Å². The third-order valence-corrected chi connectivity index (χ3v) is 6.00. The van der Waals surface area contributed by atoms with E-state index in [1.165, 1.54) is 0 Å². The molecule has 1 saturated carbocycles. The van der Waals surface area contributed by atoms with Gasteiger partial charge in [0.15, 0.2) is 0 Å². The summed E-state index contributed by atoms with van der Waals surface area (Å²) in [4.78, 5) is 39.8. The minimum Gasteiger partial charge on any atom is -0.497 e. The van der Waals surface area contributed by atoms with E-state index in [0.717, 1.165) is 31.4 Å². The van der Waals surface area contributed by atoms with Crippen molar-refractivity contribution in [3.63, 3.8) is 0 Å². The van der Waals surface area contributed by atoms with Crippen molar-refractivity contribution in [1.82, 2.24) is 5.32 Å². The number of anilines is 2. The summed E-state index contributed by atoms with van der Waals surface area (Å²) < 4.78 is 5.16. The van der Waals surface area contributed by atoms with E-state index < -0.39 is 5.92 Å². The molecule has 1 aliphatic heterocycles. The maximum atomic E-state index is 12.9. The Morgan fingerprint density at radius 3 is 2.45 bits per heavy atom. The number of methoxy groups -OCH3 is 1. The Hall–Kier alpha value is -3.35. The number of rotatable bonds is 6. The van der Waals surface area contributed by atoms with Gasteiger partial charge in [0, 0.05) is 24.7 Å². The molecule has 0 bridgehead atoms. The van der Waals surface area contributed by atoms with Gasteiger partial charge in [0.1, 0.15) is 5.75 Å². The number of benzene rings is 2. The quantitative estimate of drug-likeness (QED) is 0.749. The zero-order chi connectivity index (χ0) is 21.8. The first-order valence-corrected chi connectivity index (χ1v) is 10.7. The van der Waals surface area contributed by atoms with Crippen LogP contribution in [-0.4, -0.2) is 37.4 Å². The molecule has 0 unspecified atom stereocenters. The Bertz CT molecular complexity index is 967. The second kappa shape index (κ2) is 9.20. The molecule has 4 rings (SSSR count). The first-order valence-electron chi connectivity index (χ1n) is 10.7. The van der Waals surface area contributed by atoms with Crippen molar-refractivity contribution in [2.75, 3.05) is 23.9 Å². The number of carbonyl (C=O) groups excluding carboxylic acids is 3. The van der Waals surface area contributed by atoms with E-state index in [1.807, 2.05) is 0 Å². The summed E-state index contributed by atoms with van der Waals surface area (Å²) in [6.07, 6.45) is 4.37. The summed E-state index contributed by atoms with van der Waals surface area (Å²) in [5.41, 5.74) is 1.65. The lowest BCUT2D eigenvalue weighted by Crippen LogP contribution is -2.34. The monoisotopic (exact) mass is 421 g/mol. The first kappa shape index (κ1) is 20.9. The number of carbonyl (C=O) groups is 3. The fraction of sp³-hybridized carbons (Fsp3) is 0.375. The number of nitrogens with zero attached hydrogens (tertiary/aromatic N) is 1. The molecule has 2 aromatic carbocycles. The van der Waals surface area contributed by atoms with Crippen LogP contribution >= 0.6 is 0 Å². The summed E-state index contributed by atoms with van der Waals surface area (Å²) in [6, 6.07) is 14.4. The molecule has 7 nitrogen and oxygen atoms in total. The molecule has 2 fully saturated rings. The predicted molar refractivity (Wildman–Crippen MR) is 118 cm³/mol. The highest BCUT2D eigenvalue weighted by atomic mass is 16.5. The van der Waals surface area contributed by atoms with Crippen molar-refractivity contribution >= 4 is 29.1 Å². The fourth-order valence-electron chi connectivity index (χ4n) is 4.25. The van der Waals surface area contributed by atoms with Gasteiger partial charge in [0.05, 0.1) is 24.3 Å². The van der Waals surface area contributed by atoms with Crippen molar-refractivity contribution in [2.45, 2.75) is 38.1 Å². The SMILES string of the molecule is COc1ccc(N2C[C@H](C(=O)Nc3ccccc3C(=O)NC3CCCC3)CC2=O)cc1. The Labute approximate surface area is 181 Å². The van der Waals surface area contributed by atoms with Crippen LogP contribution in [0.4, 0.5) is 11.4 Å². The van der Waals surface area contributed by atoms with Crippen LogP contribution in [0.5, 0.6) is 5.75 Å². The van der Waals surface area contributed by atoms with E-state index in [0.29, 0.717) is 23.5 Å². The molecule has 0 spiro atoms. The van der Waals surface area contributed by atoms with Gasteiger partial charge in [-0.1, -0.05) is 25.0 Å². The van der Waals surface area contributed by atoms with Crippen LogP contribution in [0, 0.1) is 5.92 Å². The number of amides is 3. The van der Waals surface area contributed by atoms with Gasteiger partial charge >= 0.3 is 0 Å². The van der Waals surface area contributed by atoms with Crippen molar-refractivity contribution in [3.05, 3.63) is 54.1 Å². The smallest absolute Gasteiger partial charge is 0.253 e. The minimum atomic E-state index is -0.486. The zero-order valence-corrected chi connectivity index (χ0v) is 17.6. The molecule has 3 amide bonds. The molecule has 7 heteroatoms. The van der Waals surface area contributed by atoms with E-state index in [9.17, 15) is 14.4 Å². The normalized spacial score (nSPS) is 18.8. The maximum absolute atomic E-state index is 12.9. The van der Waals surface area contributed by atoms with Crippen LogP contribution in [-0.2, 0) is 9.59 Å². The summed E-state index contributed by atoms with van der Waals surface area (Å²) in [5.74, 6) is -0.314. The average Bonchev–Trinajstić information content (AvgIpc) is 3.44. The van der Waals surface area contributed by atoms with E-state index >= 15 is 0 Å². The van der Waals surface area contributed by atoms with E-state index in [1.54, 1.807) is 60.5 Å². The van der Waals surface area contributed by atoms with Crippen molar-refractivity contribution in [1.29, 1.82) is 0 Å². The number of hydrogen-bond donors (Lipinski definition) is 2. The van der Waals surface area contributed by atoms with E-state index in [2.05, 4.69) is 10.6 Å². The zero-order valence-electron chi connectivity index (χ0n) is 17.6. The molecule has 2 N–H and O–H groups in total. The van der Waals surface area contributed by atoms with Gasteiger partial charge in [-0.25, -0.2) is 0 Å². The van der Waals surface area contributed by atoms with Crippen molar-refractivity contribution in [3.8, 4) is 5.75 Å². The topological polar surface area (TPSA) is 87.7 Å². The predicted octanol–water partition coefficient (Wildman–Crippen LogP) is 3.36. The van der Waals surface area contributed by atoms with Crippen molar-refractivity contribution < 1.29 is 19.1 Å². The molecule has 1 aliphatic carbocycles. The number of ether oxygens (including phenoxy) is 1. The second-order valence-electron chi connectivity index (χ2n) is 8.09. The van der Waals surface area contributed by atoms with Crippen LogP contribution in [0.2, 0.25) is 0 Å². The largest absolute Gasteiger partial charge is 0.497 e. The minimum absolute atomic E-state index is 0.0995. The highest BCUT2D eigenvalue weighted by Crippen LogP contribution is 2.28. The molecule has 1 heterocycles. The maximum Gasteiger partial charge on any atom is 0.253 e. The van der Waals surface area contributed by atoms with Crippen LogP contribution in [0.25, 0.3) is 0 Å². The van der Waals surface area contributed by atoms with Gasteiger partial charge in [-0.05, 0) is 49.2 Å². The molecule has 0 radical (unpaired) electrons. The molecule has 1 saturated heterocycles. The summed E-state index contributed by atoms with van der Waals surface area (Å²) in [5, 5.41) is 5.93. The number of nitrogens with one attached hydrogen (secondary N) is 2. The lowest BCUT2D eigenvalue weighted by atomic mass is 10.1. The molecule has 162 valence electrons. The second-order valence-corrected chi connectivity index (χ2v) is 8.09. The van der Waals surface area contributed by atoms with Gasteiger partial charge in [-0.2, -0.15) is 0 Å². The Morgan fingerprint density at radius 2 is 1.74 bits per heavy atom. The Morgan fingerprint density at radius 1 is 1.03 bits per heavy atom. The summed E-state index contributed by atoms with van der Waals surface area (Å²) in [7, 11) is 1.59. The highest BCUT2D eigenvalue weighted by Gasteiger charge is 2.35. The molecule has 2 aromatic rings. The average molecular weight is 421 g/mol. The molecule has 31 heavy (non-hydrogen) atoms. The number of hydrogen-bond acceptors (Lipinski definition) is 4. The third-order valence-electron chi connectivity index (χ3n) is 6.00. The fourth-order valence-corrected chi connectivity index (χ4v) is 4.25. The molecular formula is C24H27N3O4.